The number of carbonyl (C=O) groups is 2. The third-order valence-corrected chi connectivity index (χ3v) is 5.44. The number of nitrogens with zero attached hydrogens (tertiary/aromatic N) is 1. The Morgan fingerprint density at radius 2 is 1.61 bits per heavy atom. The summed E-state index contributed by atoms with van der Waals surface area (Å²) in [5.74, 6) is -0.509. The lowest BCUT2D eigenvalue weighted by Gasteiger charge is -2.25. The van der Waals surface area contributed by atoms with Crippen molar-refractivity contribution in [3.63, 3.8) is 0 Å². The van der Waals surface area contributed by atoms with Gasteiger partial charge in [-0.05, 0) is 55.3 Å². The van der Waals surface area contributed by atoms with Gasteiger partial charge in [0.1, 0.15) is 6.04 Å². The minimum absolute atomic E-state index is 0.211. The third kappa shape index (κ3) is 2.96. The molecule has 5 heteroatoms. The molecule has 3 aromatic carbocycles. The Labute approximate surface area is 168 Å². The van der Waals surface area contributed by atoms with Gasteiger partial charge in [-0.2, -0.15) is 0 Å². The molecule has 4 nitrogen and oxygen atoms in total. The van der Waals surface area contributed by atoms with Gasteiger partial charge in [-0.25, -0.2) is 0 Å². The molecule has 4 rings (SSSR count). The van der Waals surface area contributed by atoms with E-state index < -0.39 is 6.04 Å². The summed E-state index contributed by atoms with van der Waals surface area (Å²) in [4.78, 5) is 28.2. The highest BCUT2D eigenvalue weighted by Crippen LogP contribution is 2.43. The van der Waals surface area contributed by atoms with Crippen molar-refractivity contribution in [3.05, 3.63) is 94.0 Å². The lowest BCUT2D eigenvalue weighted by atomic mass is 9.96. The Bertz CT molecular complexity index is 1060. The van der Waals surface area contributed by atoms with Crippen molar-refractivity contribution >= 4 is 34.8 Å². The second-order valence-electron chi connectivity index (χ2n) is 6.86. The SMILES string of the molecule is Cc1cc(Cl)c2c(c1C)C(=O)N(c1ccccc1)C2C(=O)Nc1ccccc1. The van der Waals surface area contributed by atoms with Crippen LogP contribution in [0.1, 0.15) is 33.1 Å². The van der Waals surface area contributed by atoms with Crippen LogP contribution in [0.15, 0.2) is 66.7 Å². The fourth-order valence-corrected chi connectivity index (χ4v) is 4.00. The second-order valence-corrected chi connectivity index (χ2v) is 7.26. The molecule has 28 heavy (non-hydrogen) atoms. The van der Waals surface area contributed by atoms with Crippen molar-refractivity contribution in [3.8, 4) is 0 Å². The van der Waals surface area contributed by atoms with Crippen LogP contribution >= 0.6 is 11.6 Å². The molecule has 1 atom stereocenters. The van der Waals surface area contributed by atoms with Crippen LogP contribution in [0.4, 0.5) is 11.4 Å². The van der Waals surface area contributed by atoms with Gasteiger partial charge in [0.25, 0.3) is 11.8 Å². The summed E-state index contributed by atoms with van der Waals surface area (Å²) >= 11 is 6.55. The van der Waals surface area contributed by atoms with Crippen molar-refractivity contribution in [2.45, 2.75) is 19.9 Å². The van der Waals surface area contributed by atoms with E-state index in [0.29, 0.717) is 27.5 Å². The maximum Gasteiger partial charge on any atom is 0.259 e. The number of anilines is 2. The molecule has 3 aromatic rings. The van der Waals surface area contributed by atoms with Crippen molar-refractivity contribution in [1.82, 2.24) is 0 Å². The highest BCUT2D eigenvalue weighted by atomic mass is 35.5. The van der Waals surface area contributed by atoms with E-state index in [2.05, 4.69) is 5.32 Å². The molecular weight excluding hydrogens is 372 g/mol. The van der Waals surface area contributed by atoms with E-state index in [1.807, 2.05) is 80.6 Å². The number of amides is 2. The van der Waals surface area contributed by atoms with E-state index in [0.717, 1.165) is 11.1 Å². The number of benzene rings is 3. The Morgan fingerprint density at radius 3 is 2.25 bits per heavy atom. The van der Waals surface area contributed by atoms with Crippen molar-refractivity contribution < 1.29 is 9.59 Å². The molecule has 0 radical (unpaired) electrons. The van der Waals surface area contributed by atoms with Crippen LogP contribution in [-0.4, -0.2) is 11.8 Å². The van der Waals surface area contributed by atoms with Gasteiger partial charge in [0, 0.05) is 22.0 Å². The van der Waals surface area contributed by atoms with Gasteiger partial charge in [0.2, 0.25) is 0 Å². The summed E-state index contributed by atoms with van der Waals surface area (Å²) in [7, 11) is 0. The van der Waals surface area contributed by atoms with Crippen LogP contribution < -0.4 is 10.2 Å². The molecule has 1 aliphatic rings. The molecule has 0 bridgehead atoms. The first kappa shape index (κ1) is 18.3. The number of rotatable bonds is 3. The first-order valence-corrected chi connectivity index (χ1v) is 9.41. The molecule has 0 spiro atoms. The van der Waals surface area contributed by atoms with E-state index in [4.69, 9.17) is 11.6 Å². The standard InChI is InChI=1S/C23H19ClN2O2/c1-14-13-18(24)20-19(15(14)2)23(28)26(17-11-7-4-8-12-17)21(20)22(27)25-16-9-5-3-6-10-16/h3-13,21H,1-2H3,(H,25,27). The predicted molar refractivity (Wildman–Crippen MR) is 112 cm³/mol. The van der Waals surface area contributed by atoms with E-state index in [1.54, 1.807) is 0 Å². The molecule has 0 aromatic heterocycles. The van der Waals surface area contributed by atoms with Crippen molar-refractivity contribution in [2.24, 2.45) is 0 Å². The normalized spacial score (nSPS) is 15.5. The Morgan fingerprint density at radius 1 is 1.00 bits per heavy atom. The molecule has 1 unspecified atom stereocenters. The summed E-state index contributed by atoms with van der Waals surface area (Å²) in [6.45, 7) is 3.81. The maximum atomic E-state index is 13.4. The van der Waals surface area contributed by atoms with Gasteiger partial charge >= 0.3 is 0 Å². The molecule has 2 amide bonds. The quantitative estimate of drug-likeness (QED) is 0.660. The molecule has 1 heterocycles. The van der Waals surface area contributed by atoms with Gasteiger partial charge in [-0.3, -0.25) is 14.5 Å². The second kappa shape index (κ2) is 7.13. The predicted octanol–water partition coefficient (Wildman–Crippen LogP) is 5.30. The molecule has 1 aliphatic heterocycles. The zero-order valence-corrected chi connectivity index (χ0v) is 16.3. The number of carbonyl (C=O) groups excluding carboxylic acids is 2. The summed E-state index contributed by atoms with van der Waals surface area (Å²) < 4.78 is 0. The number of aryl methyl sites for hydroxylation is 1. The molecule has 0 saturated heterocycles. The Hall–Kier alpha value is -3.11. The first-order chi connectivity index (χ1) is 13.5. The lowest BCUT2D eigenvalue weighted by molar-refractivity contribution is -0.117. The molecule has 0 aliphatic carbocycles. The molecule has 0 fully saturated rings. The van der Waals surface area contributed by atoms with Crippen molar-refractivity contribution in [1.29, 1.82) is 0 Å². The number of hydrogen-bond acceptors (Lipinski definition) is 2. The third-order valence-electron chi connectivity index (χ3n) is 5.12. The van der Waals surface area contributed by atoms with Gasteiger partial charge in [0.05, 0.1) is 5.56 Å². The maximum absolute atomic E-state index is 13.4. The topological polar surface area (TPSA) is 49.4 Å². The average molecular weight is 391 g/mol. The highest BCUT2D eigenvalue weighted by Gasteiger charge is 2.44. The molecule has 0 saturated carbocycles. The van der Waals surface area contributed by atoms with Crippen LogP contribution in [0, 0.1) is 13.8 Å². The number of hydrogen-bond donors (Lipinski definition) is 1. The van der Waals surface area contributed by atoms with Gasteiger partial charge in [0.15, 0.2) is 0 Å². The van der Waals surface area contributed by atoms with Crippen LogP contribution in [0.3, 0.4) is 0 Å². The fourth-order valence-electron chi connectivity index (χ4n) is 3.64. The summed E-state index contributed by atoms with van der Waals surface area (Å²) in [5, 5.41) is 3.34. The Balaban J connectivity index is 1.87. The van der Waals surface area contributed by atoms with Gasteiger partial charge in [-0.15, -0.1) is 0 Å². The smallest absolute Gasteiger partial charge is 0.259 e. The number of fused-ring (bicyclic) bond motifs is 1. The zero-order valence-electron chi connectivity index (χ0n) is 15.6. The van der Waals surface area contributed by atoms with Crippen LogP contribution in [-0.2, 0) is 4.79 Å². The Kier molecular flexibility index (Phi) is 4.65. The average Bonchev–Trinajstić information content (AvgIpc) is 3.01. The van der Waals surface area contributed by atoms with Crippen LogP contribution in [0.5, 0.6) is 0 Å². The minimum atomic E-state index is -0.836. The van der Waals surface area contributed by atoms with Gasteiger partial charge in [-0.1, -0.05) is 48.0 Å². The first-order valence-electron chi connectivity index (χ1n) is 9.03. The lowest BCUT2D eigenvalue weighted by Crippen LogP contribution is -2.35. The summed E-state index contributed by atoms with van der Waals surface area (Å²) in [5.41, 5.74) is 4.18. The number of halogens is 1. The summed E-state index contributed by atoms with van der Waals surface area (Å²) in [6.07, 6.45) is 0. The van der Waals surface area contributed by atoms with Crippen molar-refractivity contribution in [2.75, 3.05) is 10.2 Å². The van der Waals surface area contributed by atoms with Gasteiger partial charge < -0.3 is 5.32 Å². The monoisotopic (exact) mass is 390 g/mol. The molecular formula is C23H19ClN2O2. The van der Waals surface area contributed by atoms with E-state index in [-0.39, 0.29) is 11.8 Å². The van der Waals surface area contributed by atoms with Crippen LogP contribution in [0.2, 0.25) is 5.02 Å². The van der Waals surface area contributed by atoms with E-state index in [9.17, 15) is 9.59 Å². The minimum Gasteiger partial charge on any atom is -0.324 e. The molecule has 140 valence electrons. The largest absolute Gasteiger partial charge is 0.324 e. The van der Waals surface area contributed by atoms with E-state index >= 15 is 0 Å². The van der Waals surface area contributed by atoms with E-state index in [1.165, 1.54) is 4.90 Å². The number of nitrogens with one attached hydrogen (secondary N) is 1. The molecule has 1 N–H and O–H groups in total. The van der Waals surface area contributed by atoms with Crippen LogP contribution in [0.25, 0.3) is 0 Å². The highest BCUT2D eigenvalue weighted by molar-refractivity contribution is 6.34. The fraction of sp³-hybridized carbons (Fsp3) is 0.130. The number of para-hydroxylation sites is 2. The summed E-state index contributed by atoms with van der Waals surface area (Å²) in [6, 6.07) is 19.4. The zero-order chi connectivity index (χ0) is 19.8.